The van der Waals surface area contributed by atoms with Crippen molar-refractivity contribution in [1.82, 2.24) is 9.97 Å². The van der Waals surface area contributed by atoms with Gasteiger partial charge in [-0.15, -0.1) is 0 Å². The average molecular weight is 297 g/mol. The Kier molecular flexibility index (Phi) is 3.65. The van der Waals surface area contributed by atoms with Gasteiger partial charge < -0.3 is 20.4 Å². The average Bonchev–Trinajstić information content (AvgIpc) is 2.90. The Labute approximate surface area is 125 Å². The molecular formula is C16H15N3O3. The van der Waals surface area contributed by atoms with Crippen molar-refractivity contribution in [3.8, 4) is 0 Å². The second-order valence-corrected chi connectivity index (χ2v) is 4.94. The fraction of sp³-hybridized carbons (Fsp3) is 0.125. The summed E-state index contributed by atoms with van der Waals surface area (Å²) in [6.07, 6.45) is 4.10. The number of carboxylic acid groups (broad SMARTS) is 1. The third-order valence-corrected chi connectivity index (χ3v) is 3.56. The van der Waals surface area contributed by atoms with Crippen molar-refractivity contribution in [3.05, 3.63) is 64.2 Å². The smallest absolute Gasteiger partial charge is 0.343 e. The van der Waals surface area contributed by atoms with Crippen molar-refractivity contribution in [1.29, 1.82) is 0 Å². The van der Waals surface area contributed by atoms with Gasteiger partial charge in [-0.25, -0.2) is 4.79 Å². The zero-order chi connectivity index (χ0) is 15.5. The maximum Gasteiger partial charge on any atom is 0.343 e. The molecule has 22 heavy (non-hydrogen) atoms. The van der Waals surface area contributed by atoms with Crippen molar-refractivity contribution in [2.24, 2.45) is 0 Å². The lowest BCUT2D eigenvalue weighted by atomic mass is 10.1. The number of anilines is 1. The summed E-state index contributed by atoms with van der Waals surface area (Å²) in [6.45, 7) is 0.533. The Bertz CT molecular complexity index is 879. The number of hydrogen-bond donors (Lipinski definition) is 4. The predicted molar refractivity (Wildman–Crippen MR) is 84.5 cm³/mol. The molecule has 6 heteroatoms. The molecule has 1 aromatic carbocycles. The number of pyridine rings is 1. The lowest BCUT2D eigenvalue weighted by Gasteiger charge is -2.08. The first kappa shape index (κ1) is 13.9. The number of fused-ring (bicyclic) bond motifs is 1. The van der Waals surface area contributed by atoms with Crippen LogP contribution >= 0.6 is 0 Å². The highest BCUT2D eigenvalue weighted by Crippen LogP contribution is 2.18. The van der Waals surface area contributed by atoms with Gasteiger partial charge in [-0.1, -0.05) is 18.2 Å². The van der Waals surface area contributed by atoms with E-state index in [1.807, 2.05) is 30.5 Å². The summed E-state index contributed by atoms with van der Waals surface area (Å²) in [5.74, 6) is -1.24. The first-order valence-corrected chi connectivity index (χ1v) is 6.90. The minimum absolute atomic E-state index is 0.263. The molecule has 0 spiro atoms. The molecule has 0 aliphatic rings. The third kappa shape index (κ3) is 2.58. The first-order chi connectivity index (χ1) is 10.7. The van der Waals surface area contributed by atoms with Gasteiger partial charge in [0.1, 0.15) is 5.56 Å². The Morgan fingerprint density at radius 3 is 2.82 bits per heavy atom. The fourth-order valence-corrected chi connectivity index (χ4v) is 2.51. The predicted octanol–water partition coefficient (Wildman–Crippen LogP) is 2.21. The molecule has 0 aliphatic carbocycles. The van der Waals surface area contributed by atoms with E-state index < -0.39 is 11.5 Å². The van der Waals surface area contributed by atoms with Gasteiger partial charge in [-0.05, 0) is 24.1 Å². The second kappa shape index (κ2) is 5.77. The van der Waals surface area contributed by atoms with Crippen LogP contribution in [0.3, 0.4) is 0 Å². The standard InChI is InChI=1S/C16H15N3O3/c20-15-14(16(21)22)13(6-8-18-15)17-7-5-10-9-19-12-4-2-1-3-11(10)12/h1-4,6,8-9,19H,5,7H2,(H,21,22)(H2,17,18,20). The van der Waals surface area contributed by atoms with Crippen LogP contribution in [0, 0.1) is 0 Å². The Balaban J connectivity index is 1.75. The normalized spacial score (nSPS) is 10.7. The molecular weight excluding hydrogens is 282 g/mol. The number of aromatic carboxylic acids is 1. The number of rotatable bonds is 5. The molecule has 0 unspecified atom stereocenters. The molecule has 112 valence electrons. The lowest BCUT2D eigenvalue weighted by Crippen LogP contribution is -2.20. The third-order valence-electron chi connectivity index (χ3n) is 3.56. The van der Waals surface area contributed by atoms with Gasteiger partial charge in [-0.2, -0.15) is 0 Å². The van der Waals surface area contributed by atoms with Gasteiger partial charge in [0.05, 0.1) is 5.69 Å². The number of para-hydroxylation sites is 1. The van der Waals surface area contributed by atoms with E-state index in [1.54, 1.807) is 6.07 Å². The van der Waals surface area contributed by atoms with Crippen LogP contribution in [0.2, 0.25) is 0 Å². The molecule has 2 aromatic heterocycles. The topological polar surface area (TPSA) is 98.0 Å². The first-order valence-electron chi connectivity index (χ1n) is 6.90. The van der Waals surface area contributed by atoms with Crippen LogP contribution in [-0.2, 0) is 6.42 Å². The molecule has 6 nitrogen and oxygen atoms in total. The molecule has 0 atom stereocenters. The maximum absolute atomic E-state index is 11.6. The Morgan fingerprint density at radius 1 is 1.18 bits per heavy atom. The summed E-state index contributed by atoms with van der Waals surface area (Å²) < 4.78 is 0. The van der Waals surface area contributed by atoms with Crippen molar-refractivity contribution < 1.29 is 9.90 Å². The van der Waals surface area contributed by atoms with Crippen LogP contribution < -0.4 is 10.9 Å². The zero-order valence-electron chi connectivity index (χ0n) is 11.7. The van der Waals surface area contributed by atoms with E-state index in [2.05, 4.69) is 15.3 Å². The molecule has 2 heterocycles. The zero-order valence-corrected chi connectivity index (χ0v) is 11.7. The van der Waals surface area contributed by atoms with Crippen LogP contribution in [0.15, 0.2) is 47.5 Å². The molecule has 3 aromatic rings. The van der Waals surface area contributed by atoms with Crippen LogP contribution in [-0.4, -0.2) is 27.6 Å². The number of aromatic nitrogens is 2. The van der Waals surface area contributed by atoms with Crippen LogP contribution in [0.25, 0.3) is 10.9 Å². The number of carbonyl (C=O) groups is 1. The molecule has 3 rings (SSSR count). The number of nitrogens with one attached hydrogen (secondary N) is 3. The van der Waals surface area contributed by atoms with Gasteiger partial charge in [0.2, 0.25) is 0 Å². The number of carboxylic acids is 1. The van der Waals surface area contributed by atoms with Crippen molar-refractivity contribution in [3.63, 3.8) is 0 Å². The molecule has 0 fully saturated rings. The van der Waals surface area contributed by atoms with E-state index >= 15 is 0 Å². The van der Waals surface area contributed by atoms with Gasteiger partial charge in [0.25, 0.3) is 5.56 Å². The quantitative estimate of drug-likeness (QED) is 0.580. The number of H-pyrrole nitrogens is 2. The molecule has 0 saturated carbocycles. The summed E-state index contributed by atoms with van der Waals surface area (Å²) in [6, 6.07) is 9.55. The minimum Gasteiger partial charge on any atom is -0.477 e. The van der Waals surface area contributed by atoms with E-state index in [0.717, 1.165) is 22.9 Å². The Morgan fingerprint density at radius 2 is 2.00 bits per heavy atom. The fourth-order valence-electron chi connectivity index (χ4n) is 2.51. The van der Waals surface area contributed by atoms with Crippen molar-refractivity contribution >= 4 is 22.6 Å². The van der Waals surface area contributed by atoms with E-state index in [1.165, 1.54) is 6.20 Å². The van der Waals surface area contributed by atoms with E-state index in [-0.39, 0.29) is 5.56 Å². The highest BCUT2D eigenvalue weighted by Gasteiger charge is 2.14. The lowest BCUT2D eigenvalue weighted by molar-refractivity contribution is 0.0696. The summed E-state index contributed by atoms with van der Waals surface area (Å²) in [7, 11) is 0. The van der Waals surface area contributed by atoms with E-state index in [0.29, 0.717) is 12.2 Å². The summed E-state index contributed by atoms with van der Waals surface area (Å²) in [4.78, 5) is 28.3. The van der Waals surface area contributed by atoms with Gasteiger partial charge in [-0.3, -0.25) is 4.79 Å². The molecule has 0 saturated heterocycles. The highest BCUT2D eigenvalue weighted by atomic mass is 16.4. The van der Waals surface area contributed by atoms with Crippen molar-refractivity contribution in [2.45, 2.75) is 6.42 Å². The molecule has 0 aliphatic heterocycles. The SMILES string of the molecule is O=C(O)c1c(NCCc2c[nH]c3ccccc23)cc[nH]c1=O. The number of aromatic amines is 2. The van der Waals surface area contributed by atoms with Crippen LogP contribution in [0.4, 0.5) is 5.69 Å². The van der Waals surface area contributed by atoms with Gasteiger partial charge in [0, 0.05) is 29.8 Å². The van der Waals surface area contributed by atoms with Gasteiger partial charge in [0.15, 0.2) is 0 Å². The van der Waals surface area contributed by atoms with E-state index in [9.17, 15) is 9.59 Å². The number of benzene rings is 1. The summed E-state index contributed by atoms with van der Waals surface area (Å²) >= 11 is 0. The van der Waals surface area contributed by atoms with Crippen LogP contribution in [0.1, 0.15) is 15.9 Å². The molecule has 0 bridgehead atoms. The molecule has 4 N–H and O–H groups in total. The maximum atomic E-state index is 11.6. The second-order valence-electron chi connectivity index (χ2n) is 4.94. The summed E-state index contributed by atoms with van der Waals surface area (Å²) in [5, 5.41) is 13.3. The van der Waals surface area contributed by atoms with Crippen molar-refractivity contribution in [2.75, 3.05) is 11.9 Å². The summed E-state index contributed by atoms with van der Waals surface area (Å²) in [5.41, 5.74) is 1.67. The monoisotopic (exact) mass is 297 g/mol. The molecule has 0 radical (unpaired) electrons. The highest BCUT2D eigenvalue weighted by molar-refractivity contribution is 5.93. The van der Waals surface area contributed by atoms with Gasteiger partial charge >= 0.3 is 5.97 Å². The molecule has 0 amide bonds. The van der Waals surface area contributed by atoms with E-state index in [4.69, 9.17) is 5.11 Å². The van der Waals surface area contributed by atoms with Crippen LogP contribution in [0.5, 0.6) is 0 Å². The Hall–Kier alpha value is -3.02. The minimum atomic E-state index is -1.24. The number of hydrogen-bond acceptors (Lipinski definition) is 3. The largest absolute Gasteiger partial charge is 0.477 e.